The van der Waals surface area contributed by atoms with Gasteiger partial charge in [0.25, 0.3) is 0 Å². The van der Waals surface area contributed by atoms with Gasteiger partial charge in [-0.05, 0) is 43.7 Å². The van der Waals surface area contributed by atoms with Crippen LogP contribution in [0.2, 0.25) is 0 Å². The SMILES string of the molecule is CCCCNC(=NCC(C)N1CCc2sccc2C1)NCC.I. The summed E-state index contributed by atoms with van der Waals surface area (Å²) in [5.74, 6) is 0.955. The molecule has 23 heavy (non-hydrogen) atoms. The van der Waals surface area contributed by atoms with Gasteiger partial charge in [-0.25, -0.2) is 0 Å². The molecular formula is C17H31IN4S. The third-order valence-electron chi connectivity index (χ3n) is 4.14. The number of thiophene rings is 1. The fourth-order valence-corrected chi connectivity index (χ4v) is 3.60. The summed E-state index contributed by atoms with van der Waals surface area (Å²) in [6.07, 6.45) is 3.59. The molecule has 0 saturated carbocycles. The van der Waals surface area contributed by atoms with E-state index >= 15 is 0 Å². The summed E-state index contributed by atoms with van der Waals surface area (Å²) in [6.45, 7) is 11.6. The zero-order valence-corrected chi connectivity index (χ0v) is 17.7. The van der Waals surface area contributed by atoms with Crippen molar-refractivity contribution in [2.75, 3.05) is 26.2 Å². The number of nitrogens with zero attached hydrogens (tertiary/aromatic N) is 2. The lowest BCUT2D eigenvalue weighted by atomic mass is 10.1. The van der Waals surface area contributed by atoms with Gasteiger partial charge in [0.05, 0.1) is 6.54 Å². The minimum atomic E-state index is 0. The van der Waals surface area contributed by atoms with Crippen molar-refractivity contribution in [2.24, 2.45) is 4.99 Å². The molecular weight excluding hydrogens is 419 g/mol. The highest BCUT2D eigenvalue weighted by Gasteiger charge is 2.21. The number of aliphatic imine (C=N–C) groups is 1. The maximum atomic E-state index is 4.76. The van der Waals surface area contributed by atoms with E-state index in [0.29, 0.717) is 6.04 Å². The first-order chi connectivity index (χ1) is 10.7. The van der Waals surface area contributed by atoms with Crippen molar-refractivity contribution in [3.05, 3.63) is 21.9 Å². The molecule has 1 unspecified atom stereocenters. The second kappa shape index (κ2) is 11.3. The van der Waals surface area contributed by atoms with Crippen LogP contribution in [0.3, 0.4) is 0 Å². The number of hydrogen-bond donors (Lipinski definition) is 2. The summed E-state index contributed by atoms with van der Waals surface area (Å²) < 4.78 is 0. The summed E-state index contributed by atoms with van der Waals surface area (Å²) >= 11 is 1.90. The largest absolute Gasteiger partial charge is 0.357 e. The van der Waals surface area contributed by atoms with Crippen LogP contribution in [0.4, 0.5) is 0 Å². The molecule has 2 rings (SSSR count). The van der Waals surface area contributed by atoms with E-state index in [9.17, 15) is 0 Å². The highest BCUT2D eigenvalue weighted by Crippen LogP contribution is 2.25. The number of hydrogen-bond acceptors (Lipinski definition) is 3. The first kappa shape index (κ1) is 20.7. The van der Waals surface area contributed by atoms with Gasteiger partial charge in [-0.2, -0.15) is 0 Å². The molecule has 0 aromatic carbocycles. The fourth-order valence-electron chi connectivity index (χ4n) is 2.71. The van der Waals surface area contributed by atoms with Gasteiger partial charge in [0.1, 0.15) is 0 Å². The molecule has 4 nitrogen and oxygen atoms in total. The van der Waals surface area contributed by atoms with Crippen LogP contribution >= 0.6 is 35.3 Å². The van der Waals surface area contributed by atoms with Crippen molar-refractivity contribution in [2.45, 2.75) is 52.6 Å². The van der Waals surface area contributed by atoms with E-state index in [0.717, 1.165) is 38.7 Å². The molecule has 0 bridgehead atoms. The van der Waals surface area contributed by atoms with Gasteiger partial charge in [-0.1, -0.05) is 13.3 Å². The van der Waals surface area contributed by atoms with Crippen LogP contribution in [0, 0.1) is 0 Å². The average molecular weight is 450 g/mol. The Morgan fingerprint density at radius 2 is 2.22 bits per heavy atom. The van der Waals surface area contributed by atoms with Crippen LogP contribution < -0.4 is 10.6 Å². The summed E-state index contributed by atoms with van der Waals surface area (Å²) in [6, 6.07) is 2.76. The maximum Gasteiger partial charge on any atom is 0.191 e. The normalized spacial score (nSPS) is 16.4. The molecule has 0 amide bonds. The quantitative estimate of drug-likeness (QED) is 0.289. The van der Waals surface area contributed by atoms with E-state index in [4.69, 9.17) is 4.99 Å². The minimum absolute atomic E-state index is 0. The van der Waals surface area contributed by atoms with Crippen LogP contribution in [-0.4, -0.2) is 43.1 Å². The Morgan fingerprint density at radius 1 is 1.39 bits per heavy atom. The molecule has 2 heterocycles. The minimum Gasteiger partial charge on any atom is -0.357 e. The molecule has 0 radical (unpaired) electrons. The van der Waals surface area contributed by atoms with Crippen molar-refractivity contribution in [1.82, 2.24) is 15.5 Å². The zero-order chi connectivity index (χ0) is 15.8. The Morgan fingerprint density at radius 3 is 2.96 bits per heavy atom. The summed E-state index contributed by atoms with van der Waals surface area (Å²) in [5.41, 5.74) is 1.51. The van der Waals surface area contributed by atoms with Crippen LogP contribution in [0.15, 0.2) is 16.4 Å². The summed E-state index contributed by atoms with van der Waals surface area (Å²) in [4.78, 5) is 8.88. The van der Waals surface area contributed by atoms with E-state index in [1.807, 2.05) is 11.3 Å². The second-order valence-corrected chi connectivity index (χ2v) is 6.94. The molecule has 0 aliphatic carbocycles. The molecule has 0 fully saturated rings. The molecule has 132 valence electrons. The lowest BCUT2D eigenvalue weighted by molar-refractivity contribution is 0.197. The van der Waals surface area contributed by atoms with Gasteiger partial charge >= 0.3 is 0 Å². The summed E-state index contributed by atoms with van der Waals surface area (Å²) in [7, 11) is 0. The Bertz CT molecular complexity index is 475. The lowest BCUT2D eigenvalue weighted by Gasteiger charge is -2.31. The smallest absolute Gasteiger partial charge is 0.191 e. The number of guanidine groups is 1. The van der Waals surface area contributed by atoms with E-state index in [-0.39, 0.29) is 24.0 Å². The molecule has 1 aromatic heterocycles. The highest BCUT2D eigenvalue weighted by molar-refractivity contribution is 14.0. The number of fused-ring (bicyclic) bond motifs is 1. The predicted octanol–water partition coefficient (Wildman–Crippen LogP) is 3.47. The van der Waals surface area contributed by atoms with Gasteiger partial charge < -0.3 is 10.6 Å². The van der Waals surface area contributed by atoms with E-state index in [1.54, 1.807) is 4.88 Å². The Balaban J connectivity index is 0.00000264. The highest BCUT2D eigenvalue weighted by atomic mass is 127. The van der Waals surface area contributed by atoms with Crippen molar-refractivity contribution in [3.8, 4) is 0 Å². The van der Waals surface area contributed by atoms with Gasteiger partial charge in [0, 0.05) is 37.1 Å². The first-order valence-corrected chi connectivity index (χ1v) is 9.44. The van der Waals surface area contributed by atoms with Crippen LogP contribution in [0.25, 0.3) is 0 Å². The van der Waals surface area contributed by atoms with Gasteiger partial charge in [0.2, 0.25) is 0 Å². The maximum absolute atomic E-state index is 4.76. The Labute approximate surface area is 162 Å². The Kier molecular flexibility index (Phi) is 10.1. The first-order valence-electron chi connectivity index (χ1n) is 8.56. The van der Waals surface area contributed by atoms with E-state index < -0.39 is 0 Å². The topological polar surface area (TPSA) is 39.7 Å². The van der Waals surface area contributed by atoms with E-state index in [1.165, 1.54) is 24.8 Å². The molecule has 1 aliphatic heterocycles. The third kappa shape index (κ3) is 6.58. The van der Waals surface area contributed by atoms with Gasteiger partial charge in [-0.3, -0.25) is 9.89 Å². The molecule has 2 N–H and O–H groups in total. The molecule has 1 aliphatic rings. The number of halogens is 1. The van der Waals surface area contributed by atoms with E-state index in [2.05, 4.69) is 47.8 Å². The third-order valence-corrected chi connectivity index (χ3v) is 5.16. The molecule has 0 saturated heterocycles. The van der Waals surface area contributed by atoms with Crippen LogP contribution in [0.5, 0.6) is 0 Å². The van der Waals surface area contributed by atoms with Gasteiger partial charge in [0.15, 0.2) is 5.96 Å². The second-order valence-electron chi connectivity index (χ2n) is 5.94. The van der Waals surface area contributed by atoms with Gasteiger partial charge in [-0.15, -0.1) is 35.3 Å². The summed E-state index contributed by atoms with van der Waals surface area (Å²) in [5, 5.41) is 8.97. The monoisotopic (exact) mass is 450 g/mol. The standard InChI is InChI=1S/C17H30N4S.HI/c1-4-6-9-19-17(18-5-2)20-12-14(3)21-10-7-16-15(13-21)8-11-22-16;/h8,11,14H,4-7,9-10,12-13H2,1-3H3,(H2,18,19,20);1H. The number of unbranched alkanes of at least 4 members (excludes halogenated alkanes) is 1. The average Bonchev–Trinajstić information content (AvgIpc) is 3.00. The fraction of sp³-hybridized carbons (Fsp3) is 0.706. The number of rotatable bonds is 7. The molecule has 0 spiro atoms. The number of nitrogens with one attached hydrogen (secondary N) is 2. The van der Waals surface area contributed by atoms with Crippen molar-refractivity contribution in [3.63, 3.8) is 0 Å². The van der Waals surface area contributed by atoms with Crippen molar-refractivity contribution in [1.29, 1.82) is 0 Å². The van der Waals surface area contributed by atoms with Crippen LogP contribution in [-0.2, 0) is 13.0 Å². The molecule has 1 atom stereocenters. The molecule has 6 heteroatoms. The van der Waals surface area contributed by atoms with Crippen molar-refractivity contribution < 1.29 is 0 Å². The van der Waals surface area contributed by atoms with Crippen LogP contribution in [0.1, 0.15) is 44.1 Å². The Hall–Kier alpha value is -0.340. The zero-order valence-electron chi connectivity index (χ0n) is 14.6. The van der Waals surface area contributed by atoms with Crippen molar-refractivity contribution >= 4 is 41.3 Å². The predicted molar refractivity (Wildman–Crippen MR) is 112 cm³/mol. The lowest BCUT2D eigenvalue weighted by Crippen LogP contribution is -2.41. The molecule has 1 aromatic rings.